The molecule has 0 aliphatic rings. The Kier molecular flexibility index (Phi) is 7.72. The summed E-state index contributed by atoms with van der Waals surface area (Å²) in [6.45, 7) is 3.32. The first-order valence-electron chi connectivity index (χ1n) is 5.48. The Labute approximate surface area is 118 Å². The lowest BCUT2D eigenvalue weighted by molar-refractivity contribution is 0.175. The summed E-state index contributed by atoms with van der Waals surface area (Å²) in [5.41, 5.74) is 6.78. The summed E-state index contributed by atoms with van der Waals surface area (Å²) in [5.74, 6) is 0. The Morgan fingerprint density at radius 3 is 2.78 bits per heavy atom. The molecular weight excluding hydrogens is 273 g/mol. The van der Waals surface area contributed by atoms with Crippen molar-refractivity contribution in [1.29, 1.82) is 5.26 Å². The number of aliphatic hydroxyl groups is 1. The first-order valence-corrected chi connectivity index (χ1v) is 5.85. The highest BCUT2D eigenvalue weighted by Crippen LogP contribution is 2.27. The second-order valence-corrected chi connectivity index (χ2v) is 4.20. The Morgan fingerprint density at radius 2 is 2.22 bits per heavy atom. The molecule has 0 amide bonds. The number of hydrogen-bond donors (Lipinski definition) is 3. The average molecular weight is 290 g/mol. The van der Waals surface area contributed by atoms with E-state index in [0.717, 1.165) is 13.0 Å². The van der Waals surface area contributed by atoms with Crippen molar-refractivity contribution >= 4 is 29.7 Å². The van der Waals surface area contributed by atoms with Crippen LogP contribution in [0.5, 0.6) is 0 Å². The Balaban J connectivity index is 0.00000289. The maximum atomic E-state index is 9.91. The lowest BCUT2D eigenvalue weighted by atomic mass is 10.0. The van der Waals surface area contributed by atoms with Crippen LogP contribution in [0.15, 0.2) is 12.1 Å². The van der Waals surface area contributed by atoms with Crippen molar-refractivity contribution < 1.29 is 5.11 Å². The number of anilines is 1. The molecule has 0 heterocycles. The van der Waals surface area contributed by atoms with Gasteiger partial charge in [-0.15, -0.1) is 12.4 Å². The zero-order valence-electron chi connectivity index (χ0n) is 10.1. The third-order valence-electron chi connectivity index (χ3n) is 2.42. The Hall–Kier alpha value is -0.990. The van der Waals surface area contributed by atoms with Gasteiger partial charge in [-0.05, 0) is 30.7 Å². The van der Waals surface area contributed by atoms with Crippen LogP contribution in [0.4, 0.5) is 5.69 Å². The van der Waals surface area contributed by atoms with Gasteiger partial charge in [-0.1, -0.05) is 18.5 Å². The van der Waals surface area contributed by atoms with E-state index < -0.39 is 6.10 Å². The smallest absolute Gasteiger partial charge is 0.101 e. The molecule has 0 radical (unpaired) electrons. The van der Waals surface area contributed by atoms with E-state index >= 15 is 0 Å². The number of nitrogen functional groups attached to an aromatic ring is 1. The third kappa shape index (κ3) is 4.35. The van der Waals surface area contributed by atoms with E-state index in [-0.39, 0.29) is 18.1 Å². The molecule has 0 saturated heterocycles. The monoisotopic (exact) mass is 289 g/mol. The second-order valence-electron chi connectivity index (χ2n) is 3.80. The number of nitrogens with zero attached hydrogens (tertiary/aromatic N) is 1. The average Bonchev–Trinajstić information content (AvgIpc) is 2.32. The second kappa shape index (κ2) is 8.17. The van der Waals surface area contributed by atoms with Crippen LogP contribution in [-0.2, 0) is 0 Å². The van der Waals surface area contributed by atoms with E-state index in [4.69, 9.17) is 22.6 Å². The summed E-state index contributed by atoms with van der Waals surface area (Å²) < 4.78 is 0. The molecule has 1 atom stereocenters. The molecule has 0 fully saturated rings. The van der Waals surface area contributed by atoms with Crippen LogP contribution in [0.1, 0.15) is 30.6 Å². The normalized spacial score (nSPS) is 11.4. The largest absolute Gasteiger partial charge is 0.396 e. The van der Waals surface area contributed by atoms with Crippen molar-refractivity contribution in [3.05, 3.63) is 28.3 Å². The maximum absolute atomic E-state index is 9.91. The van der Waals surface area contributed by atoms with Crippen molar-refractivity contribution in [3.8, 4) is 6.07 Å². The van der Waals surface area contributed by atoms with Crippen molar-refractivity contribution in [2.45, 2.75) is 19.4 Å². The fourth-order valence-corrected chi connectivity index (χ4v) is 1.68. The van der Waals surface area contributed by atoms with Gasteiger partial charge >= 0.3 is 0 Å². The summed E-state index contributed by atoms with van der Waals surface area (Å²) in [5, 5.41) is 22.2. The standard InChI is InChI=1S/C12H16ClN3O.ClH/c1-2-3-16-7-11(17)8-4-9(6-14)12(15)10(13)5-8;/h4-5,11,16-17H,2-3,7,15H2,1H3;1H. The number of benzene rings is 1. The molecule has 6 heteroatoms. The van der Waals surface area contributed by atoms with Gasteiger partial charge in [0.1, 0.15) is 6.07 Å². The van der Waals surface area contributed by atoms with Crippen molar-refractivity contribution in [2.75, 3.05) is 18.8 Å². The topological polar surface area (TPSA) is 82.1 Å². The van der Waals surface area contributed by atoms with E-state index in [1.807, 2.05) is 13.0 Å². The summed E-state index contributed by atoms with van der Waals surface area (Å²) in [4.78, 5) is 0. The van der Waals surface area contributed by atoms with Crippen molar-refractivity contribution in [3.63, 3.8) is 0 Å². The molecule has 0 bridgehead atoms. The minimum Gasteiger partial charge on any atom is -0.396 e. The number of nitriles is 1. The van der Waals surface area contributed by atoms with Crippen LogP contribution in [0, 0.1) is 11.3 Å². The zero-order chi connectivity index (χ0) is 12.8. The molecule has 0 spiro atoms. The minimum absolute atomic E-state index is 0. The van der Waals surface area contributed by atoms with Gasteiger partial charge in [0.15, 0.2) is 0 Å². The molecule has 0 aromatic heterocycles. The summed E-state index contributed by atoms with van der Waals surface area (Å²) in [6.07, 6.45) is 0.310. The predicted molar refractivity (Wildman–Crippen MR) is 75.9 cm³/mol. The maximum Gasteiger partial charge on any atom is 0.101 e. The highest BCUT2D eigenvalue weighted by molar-refractivity contribution is 6.33. The van der Waals surface area contributed by atoms with Gasteiger partial charge in [-0.2, -0.15) is 5.26 Å². The van der Waals surface area contributed by atoms with E-state index in [0.29, 0.717) is 22.7 Å². The predicted octanol–water partition coefficient (Wildman–Crippen LogP) is 2.25. The first kappa shape index (κ1) is 17.0. The molecular formula is C12H17Cl2N3O. The lowest BCUT2D eigenvalue weighted by Crippen LogP contribution is -2.22. The van der Waals surface area contributed by atoms with Crippen LogP contribution in [-0.4, -0.2) is 18.2 Å². The summed E-state index contributed by atoms with van der Waals surface area (Å²) in [7, 11) is 0. The van der Waals surface area contributed by atoms with Gasteiger partial charge in [0.05, 0.1) is 22.4 Å². The number of aliphatic hydroxyl groups excluding tert-OH is 1. The molecule has 1 aromatic carbocycles. The quantitative estimate of drug-likeness (QED) is 0.574. The highest BCUT2D eigenvalue weighted by atomic mass is 35.5. The molecule has 1 aromatic rings. The molecule has 1 unspecified atom stereocenters. The molecule has 18 heavy (non-hydrogen) atoms. The molecule has 100 valence electrons. The van der Waals surface area contributed by atoms with Gasteiger partial charge in [-0.25, -0.2) is 0 Å². The van der Waals surface area contributed by atoms with Crippen molar-refractivity contribution in [1.82, 2.24) is 5.32 Å². The first-order chi connectivity index (χ1) is 8.10. The fourth-order valence-electron chi connectivity index (χ4n) is 1.46. The number of hydrogen-bond acceptors (Lipinski definition) is 4. The van der Waals surface area contributed by atoms with Gasteiger partial charge in [0.2, 0.25) is 0 Å². The van der Waals surface area contributed by atoms with Gasteiger partial charge in [-0.3, -0.25) is 0 Å². The molecule has 0 saturated carbocycles. The molecule has 4 nitrogen and oxygen atoms in total. The Morgan fingerprint density at radius 1 is 1.56 bits per heavy atom. The van der Waals surface area contributed by atoms with Crippen LogP contribution in [0.2, 0.25) is 5.02 Å². The fraction of sp³-hybridized carbons (Fsp3) is 0.417. The molecule has 4 N–H and O–H groups in total. The minimum atomic E-state index is -0.688. The van der Waals surface area contributed by atoms with Gasteiger partial charge < -0.3 is 16.2 Å². The summed E-state index contributed by atoms with van der Waals surface area (Å²) in [6, 6.07) is 5.12. The van der Waals surface area contributed by atoms with Crippen molar-refractivity contribution in [2.24, 2.45) is 0 Å². The van der Waals surface area contributed by atoms with E-state index in [2.05, 4.69) is 5.32 Å². The SMILES string of the molecule is CCCNCC(O)c1cc(Cl)c(N)c(C#N)c1.Cl. The number of rotatable bonds is 5. The van der Waals surface area contributed by atoms with Crippen LogP contribution in [0.3, 0.4) is 0 Å². The Bertz CT molecular complexity index is 432. The summed E-state index contributed by atoms with van der Waals surface area (Å²) >= 11 is 5.90. The third-order valence-corrected chi connectivity index (χ3v) is 2.73. The van der Waals surface area contributed by atoms with E-state index in [1.54, 1.807) is 12.1 Å². The van der Waals surface area contributed by atoms with Gasteiger partial charge in [0, 0.05) is 6.54 Å². The lowest BCUT2D eigenvalue weighted by Gasteiger charge is -2.13. The van der Waals surface area contributed by atoms with E-state index in [9.17, 15) is 5.11 Å². The van der Waals surface area contributed by atoms with Crippen LogP contribution < -0.4 is 11.1 Å². The van der Waals surface area contributed by atoms with Crippen LogP contribution >= 0.6 is 24.0 Å². The number of halogens is 2. The number of nitrogens with two attached hydrogens (primary N) is 1. The number of nitrogens with one attached hydrogen (secondary N) is 1. The molecule has 0 aliphatic carbocycles. The molecule has 1 rings (SSSR count). The molecule has 0 aliphatic heterocycles. The van der Waals surface area contributed by atoms with E-state index in [1.165, 1.54) is 0 Å². The van der Waals surface area contributed by atoms with Crippen LogP contribution in [0.25, 0.3) is 0 Å². The zero-order valence-corrected chi connectivity index (χ0v) is 11.7. The highest BCUT2D eigenvalue weighted by Gasteiger charge is 2.12. The van der Waals surface area contributed by atoms with Gasteiger partial charge in [0.25, 0.3) is 0 Å².